The van der Waals surface area contributed by atoms with E-state index in [1.165, 1.54) is 0 Å². The lowest BCUT2D eigenvalue weighted by Gasteiger charge is -2.02. The van der Waals surface area contributed by atoms with Crippen LogP contribution < -0.4 is 5.73 Å². The van der Waals surface area contributed by atoms with Gasteiger partial charge in [-0.1, -0.05) is 17.7 Å². The summed E-state index contributed by atoms with van der Waals surface area (Å²) in [6, 6.07) is 6.09. The van der Waals surface area contributed by atoms with E-state index in [9.17, 15) is 0 Å². The van der Waals surface area contributed by atoms with E-state index in [4.69, 9.17) is 5.73 Å². The van der Waals surface area contributed by atoms with E-state index >= 15 is 0 Å². The van der Waals surface area contributed by atoms with Crippen molar-refractivity contribution in [2.75, 3.05) is 5.73 Å². The minimum Gasteiger partial charge on any atom is -0.379 e. The molecule has 0 aliphatic carbocycles. The van der Waals surface area contributed by atoms with E-state index in [1.54, 1.807) is 0 Å². The third-order valence-corrected chi connectivity index (χ3v) is 2.16. The number of aromatic nitrogens is 2. The second kappa shape index (κ2) is 3.14. The summed E-state index contributed by atoms with van der Waals surface area (Å²) in [5, 5.41) is 7.33. The summed E-state index contributed by atoms with van der Waals surface area (Å²) >= 11 is 0. The lowest BCUT2D eigenvalue weighted by Crippen LogP contribution is -1.91. The molecular formula is C10H11N3O. The van der Waals surface area contributed by atoms with Gasteiger partial charge < -0.3 is 5.73 Å². The van der Waals surface area contributed by atoms with Crippen LogP contribution in [0.1, 0.15) is 11.1 Å². The quantitative estimate of drug-likeness (QED) is 0.744. The predicted octanol–water partition coefficient (Wildman–Crippen LogP) is 1.94. The molecule has 4 heteroatoms. The first-order chi connectivity index (χ1) is 6.68. The molecule has 0 saturated carbocycles. The van der Waals surface area contributed by atoms with Crippen LogP contribution in [0.25, 0.3) is 11.3 Å². The number of benzene rings is 1. The fourth-order valence-electron chi connectivity index (χ4n) is 1.37. The molecule has 0 amide bonds. The molecule has 0 unspecified atom stereocenters. The van der Waals surface area contributed by atoms with Gasteiger partial charge in [0.15, 0.2) is 11.5 Å². The van der Waals surface area contributed by atoms with E-state index in [1.807, 2.05) is 32.0 Å². The molecule has 0 spiro atoms. The van der Waals surface area contributed by atoms with Gasteiger partial charge in [0.1, 0.15) is 0 Å². The average molecular weight is 189 g/mol. The summed E-state index contributed by atoms with van der Waals surface area (Å²) in [7, 11) is 0. The number of rotatable bonds is 1. The Morgan fingerprint density at radius 2 is 2.00 bits per heavy atom. The second-order valence-corrected chi connectivity index (χ2v) is 3.32. The molecule has 1 aromatic heterocycles. The molecule has 0 atom stereocenters. The van der Waals surface area contributed by atoms with Gasteiger partial charge >= 0.3 is 0 Å². The molecule has 0 radical (unpaired) electrons. The van der Waals surface area contributed by atoms with Crippen molar-refractivity contribution >= 4 is 5.82 Å². The minimum atomic E-state index is 0.332. The Hall–Kier alpha value is -1.84. The number of anilines is 1. The third-order valence-electron chi connectivity index (χ3n) is 2.16. The Labute approximate surface area is 81.7 Å². The summed E-state index contributed by atoms with van der Waals surface area (Å²) < 4.78 is 4.57. The summed E-state index contributed by atoms with van der Waals surface area (Å²) in [6.45, 7) is 4.02. The van der Waals surface area contributed by atoms with E-state index < -0.39 is 0 Å². The van der Waals surface area contributed by atoms with Gasteiger partial charge in [-0.25, -0.2) is 4.63 Å². The molecule has 4 nitrogen and oxygen atoms in total. The topological polar surface area (TPSA) is 64.9 Å². The molecule has 0 fully saturated rings. The first-order valence-corrected chi connectivity index (χ1v) is 4.34. The molecule has 1 heterocycles. The van der Waals surface area contributed by atoms with Crippen LogP contribution in [0.3, 0.4) is 0 Å². The first kappa shape index (κ1) is 8.74. The number of aryl methyl sites for hydroxylation is 2. The van der Waals surface area contributed by atoms with Gasteiger partial charge in [0.05, 0.1) is 0 Å². The number of nitrogens with zero attached hydrogens (tertiary/aromatic N) is 2. The summed E-state index contributed by atoms with van der Waals surface area (Å²) in [6.07, 6.45) is 0. The Morgan fingerprint density at radius 3 is 2.64 bits per heavy atom. The number of hydrogen-bond donors (Lipinski definition) is 1. The highest BCUT2D eigenvalue weighted by atomic mass is 16.6. The zero-order valence-corrected chi connectivity index (χ0v) is 8.11. The molecule has 0 saturated heterocycles. The van der Waals surface area contributed by atoms with Gasteiger partial charge in [0.25, 0.3) is 0 Å². The van der Waals surface area contributed by atoms with Crippen molar-refractivity contribution in [2.24, 2.45) is 0 Å². The number of nitrogens with two attached hydrogens (primary N) is 1. The summed E-state index contributed by atoms with van der Waals surface area (Å²) in [5.74, 6) is 0.332. The van der Waals surface area contributed by atoms with Crippen molar-refractivity contribution in [1.29, 1.82) is 0 Å². The molecule has 0 aliphatic rings. The maximum atomic E-state index is 5.62. The smallest absolute Gasteiger partial charge is 0.196 e. The normalized spacial score (nSPS) is 10.4. The van der Waals surface area contributed by atoms with Crippen LogP contribution in [-0.4, -0.2) is 10.3 Å². The van der Waals surface area contributed by atoms with Crippen molar-refractivity contribution in [3.05, 3.63) is 29.3 Å². The molecule has 0 aliphatic heterocycles. The van der Waals surface area contributed by atoms with Crippen LogP contribution in [-0.2, 0) is 0 Å². The molecule has 2 aromatic rings. The van der Waals surface area contributed by atoms with Crippen LogP contribution in [0.15, 0.2) is 22.8 Å². The first-order valence-electron chi connectivity index (χ1n) is 4.34. The molecule has 14 heavy (non-hydrogen) atoms. The Kier molecular flexibility index (Phi) is 1.96. The SMILES string of the molecule is Cc1ccc(C)c(-c2nonc2N)c1. The molecular weight excluding hydrogens is 178 g/mol. The van der Waals surface area contributed by atoms with Gasteiger partial charge in [-0.2, -0.15) is 0 Å². The highest BCUT2D eigenvalue weighted by Crippen LogP contribution is 2.26. The van der Waals surface area contributed by atoms with E-state index in [2.05, 4.69) is 14.9 Å². The van der Waals surface area contributed by atoms with Gasteiger partial charge in [0.2, 0.25) is 0 Å². The summed E-state index contributed by atoms with van der Waals surface area (Å²) in [4.78, 5) is 0. The molecule has 2 rings (SSSR count). The lowest BCUT2D eigenvalue weighted by molar-refractivity contribution is 0.310. The fraction of sp³-hybridized carbons (Fsp3) is 0.200. The third kappa shape index (κ3) is 1.35. The van der Waals surface area contributed by atoms with Crippen LogP contribution >= 0.6 is 0 Å². The average Bonchev–Trinajstić information content (AvgIpc) is 2.56. The molecule has 1 aromatic carbocycles. The van der Waals surface area contributed by atoms with Gasteiger partial charge in [-0.3, -0.25) is 0 Å². The Bertz CT molecular complexity index is 462. The van der Waals surface area contributed by atoms with Gasteiger partial charge in [-0.05, 0) is 35.8 Å². The second-order valence-electron chi connectivity index (χ2n) is 3.32. The van der Waals surface area contributed by atoms with Crippen molar-refractivity contribution in [2.45, 2.75) is 13.8 Å². The monoisotopic (exact) mass is 189 g/mol. The van der Waals surface area contributed by atoms with E-state index in [0.717, 1.165) is 16.7 Å². The van der Waals surface area contributed by atoms with Crippen LogP contribution in [0.2, 0.25) is 0 Å². The largest absolute Gasteiger partial charge is 0.379 e. The van der Waals surface area contributed by atoms with Crippen molar-refractivity contribution in [3.8, 4) is 11.3 Å². The van der Waals surface area contributed by atoms with E-state index in [-0.39, 0.29) is 0 Å². The predicted molar refractivity (Wildman–Crippen MR) is 53.6 cm³/mol. The van der Waals surface area contributed by atoms with Crippen molar-refractivity contribution in [1.82, 2.24) is 10.3 Å². The zero-order chi connectivity index (χ0) is 10.1. The number of nitrogen functional groups attached to an aromatic ring is 1. The highest BCUT2D eigenvalue weighted by Gasteiger charge is 2.11. The van der Waals surface area contributed by atoms with Crippen LogP contribution in [0, 0.1) is 13.8 Å². The maximum absolute atomic E-state index is 5.62. The maximum Gasteiger partial charge on any atom is 0.196 e. The molecule has 2 N–H and O–H groups in total. The molecule has 0 bridgehead atoms. The Morgan fingerprint density at radius 1 is 1.21 bits per heavy atom. The van der Waals surface area contributed by atoms with Crippen molar-refractivity contribution < 1.29 is 4.63 Å². The van der Waals surface area contributed by atoms with Gasteiger partial charge in [-0.15, -0.1) is 0 Å². The summed E-state index contributed by atoms with van der Waals surface area (Å²) in [5.41, 5.74) is 9.49. The zero-order valence-electron chi connectivity index (χ0n) is 8.11. The van der Waals surface area contributed by atoms with E-state index in [0.29, 0.717) is 11.5 Å². The Balaban J connectivity index is 2.62. The van der Waals surface area contributed by atoms with Crippen LogP contribution in [0.4, 0.5) is 5.82 Å². The minimum absolute atomic E-state index is 0.332. The molecule has 72 valence electrons. The van der Waals surface area contributed by atoms with Crippen molar-refractivity contribution in [3.63, 3.8) is 0 Å². The fourth-order valence-corrected chi connectivity index (χ4v) is 1.37. The van der Waals surface area contributed by atoms with Gasteiger partial charge in [0, 0.05) is 5.56 Å². The number of hydrogen-bond acceptors (Lipinski definition) is 4. The highest BCUT2D eigenvalue weighted by molar-refractivity contribution is 5.72. The standard InChI is InChI=1S/C10H11N3O/c1-6-3-4-7(2)8(5-6)9-10(11)13-14-12-9/h3-5H,1-2H3,(H2,11,13). The van der Waals surface area contributed by atoms with Crippen LogP contribution in [0.5, 0.6) is 0 Å². The lowest BCUT2D eigenvalue weighted by atomic mass is 10.0.